The molecule has 128 valence electrons. The number of hydrogen-bond acceptors (Lipinski definition) is 3. The highest BCUT2D eigenvalue weighted by atomic mass is 35.5. The van der Waals surface area contributed by atoms with Crippen LogP contribution in [0.5, 0.6) is 0 Å². The van der Waals surface area contributed by atoms with E-state index >= 15 is 0 Å². The van der Waals surface area contributed by atoms with E-state index in [0.29, 0.717) is 24.7 Å². The van der Waals surface area contributed by atoms with Crippen LogP contribution in [-0.4, -0.2) is 64.8 Å². The fraction of sp³-hybridized carbons (Fsp3) is 0.353. The van der Waals surface area contributed by atoms with Crippen LogP contribution in [0, 0.1) is 0 Å². The predicted octanol–water partition coefficient (Wildman–Crippen LogP) is 2.27. The number of piperazine rings is 1. The van der Waals surface area contributed by atoms with E-state index in [4.69, 9.17) is 16.7 Å². The normalized spacial score (nSPS) is 15.5. The Morgan fingerprint density at radius 2 is 1.88 bits per heavy atom. The summed E-state index contributed by atoms with van der Waals surface area (Å²) >= 11 is 6.10. The molecular weight excluding hydrogens is 328 g/mol. The third-order valence-electron chi connectivity index (χ3n) is 4.16. The smallest absolute Gasteiger partial charge is 0.321 e. The molecule has 1 aliphatic heterocycles. The van der Waals surface area contributed by atoms with E-state index in [1.165, 1.54) is 0 Å². The molecule has 0 spiro atoms. The van der Waals surface area contributed by atoms with Crippen LogP contribution < -0.4 is 5.32 Å². The molecule has 1 aromatic heterocycles. The first-order valence-corrected chi connectivity index (χ1v) is 8.37. The van der Waals surface area contributed by atoms with E-state index in [1.54, 1.807) is 11.0 Å². The number of aromatic nitrogens is 1. The molecule has 2 heterocycles. The molecule has 0 aliphatic carbocycles. The highest BCUT2D eigenvalue weighted by Gasteiger charge is 2.21. The molecule has 0 radical (unpaired) electrons. The van der Waals surface area contributed by atoms with Crippen LogP contribution in [0.3, 0.4) is 0 Å². The fourth-order valence-electron chi connectivity index (χ4n) is 2.83. The Bertz CT molecular complexity index is 682. The van der Waals surface area contributed by atoms with Gasteiger partial charge in [0.25, 0.3) is 0 Å². The topological polar surface area (TPSA) is 60.7 Å². The maximum atomic E-state index is 12.5. The van der Waals surface area contributed by atoms with Gasteiger partial charge in [0.15, 0.2) is 0 Å². The molecule has 2 amide bonds. The summed E-state index contributed by atoms with van der Waals surface area (Å²) in [6.07, 6.45) is 3.82. The van der Waals surface area contributed by atoms with Gasteiger partial charge in [-0.25, -0.2) is 4.79 Å². The van der Waals surface area contributed by atoms with Crippen molar-refractivity contribution < 1.29 is 9.90 Å². The van der Waals surface area contributed by atoms with E-state index in [-0.39, 0.29) is 12.6 Å². The van der Waals surface area contributed by atoms with Gasteiger partial charge in [-0.15, -0.1) is 0 Å². The molecule has 2 N–H and O–H groups in total. The monoisotopic (exact) mass is 348 g/mol. The summed E-state index contributed by atoms with van der Waals surface area (Å²) < 4.78 is 1.92. The van der Waals surface area contributed by atoms with Gasteiger partial charge in [0.05, 0.1) is 18.0 Å². The van der Waals surface area contributed by atoms with Crippen LogP contribution in [-0.2, 0) is 0 Å². The lowest BCUT2D eigenvalue weighted by Gasteiger charge is -2.34. The van der Waals surface area contributed by atoms with Crippen molar-refractivity contribution in [1.29, 1.82) is 0 Å². The Morgan fingerprint density at radius 1 is 1.17 bits per heavy atom. The molecule has 1 saturated heterocycles. The summed E-state index contributed by atoms with van der Waals surface area (Å²) in [6.45, 7) is 3.66. The zero-order valence-electron chi connectivity index (χ0n) is 13.4. The number of carbonyl (C=O) groups excluding carboxylic acids is 1. The maximum Gasteiger partial charge on any atom is 0.321 e. The number of rotatable bonds is 4. The van der Waals surface area contributed by atoms with E-state index in [9.17, 15) is 4.79 Å². The average molecular weight is 349 g/mol. The fourth-order valence-corrected chi connectivity index (χ4v) is 3.00. The SMILES string of the molecule is O=C(Nc1ccc(Cl)cc1-n1cccc1)N1CCN(CCO)CC1. The number of carbonyl (C=O) groups is 1. The molecule has 1 aliphatic rings. The van der Waals surface area contributed by atoms with Gasteiger partial charge >= 0.3 is 6.03 Å². The van der Waals surface area contributed by atoms with Crippen molar-refractivity contribution in [2.45, 2.75) is 0 Å². The molecule has 3 rings (SSSR count). The van der Waals surface area contributed by atoms with E-state index in [2.05, 4.69) is 10.2 Å². The van der Waals surface area contributed by atoms with Crippen LogP contribution in [0.2, 0.25) is 5.02 Å². The van der Waals surface area contributed by atoms with Crippen LogP contribution >= 0.6 is 11.6 Å². The van der Waals surface area contributed by atoms with Crippen molar-refractivity contribution >= 4 is 23.3 Å². The van der Waals surface area contributed by atoms with Gasteiger partial charge < -0.3 is 19.9 Å². The second kappa shape index (κ2) is 7.70. The third kappa shape index (κ3) is 3.90. The van der Waals surface area contributed by atoms with E-state index in [1.807, 2.05) is 41.2 Å². The molecule has 1 aromatic carbocycles. The standard InChI is InChI=1S/C17H21ClN4O2/c18-14-3-4-15(16(13-14)21-5-1-2-6-21)19-17(24)22-9-7-20(8-10-22)11-12-23/h1-6,13,23H,7-12H2,(H,19,24). The summed E-state index contributed by atoms with van der Waals surface area (Å²) in [5, 5.41) is 12.6. The van der Waals surface area contributed by atoms with Crippen molar-refractivity contribution in [3.8, 4) is 5.69 Å². The van der Waals surface area contributed by atoms with Crippen LogP contribution in [0.25, 0.3) is 5.69 Å². The highest BCUT2D eigenvalue weighted by molar-refractivity contribution is 6.30. The number of urea groups is 1. The molecule has 7 heteroatoms. The molecule has 24 heavy (non-hydrogen) atoms. The number of hydrogen-bond donors (Lipinski definition) is 2. The Hall–Kier alpha value is -2.02. The van der Waals surface area contributed by atoms with Crippen LogP contribution in [0.1, 0.15) is 0 Å². The molecule has 0 bridgehead atoms. The average Bonchev–Trinajstić information content (AvgIpc) is 3.12. The van der Waals surface area contributed by atoms with Gasteiger partial charge in [-0.2, -0.15) is 0 Å². The number of aliphatic hydroxyl groups is 1. The maximum absolute atomic E-state index is 12.5. The van der Waals surface area contributed by atoms with Gasteiger partial charge in [0, 0.05) is 50.1 Å². The minimum absolute atomic E-state index is 0.116. The van der Waals surface area contributed by atoms with Crippen molar-refractivity contribution in [3.05, 3.63) is 47.7 Å². The molecule has 0 atom stereocenters. The van der Waals surface area contributed by atoms with Crippen LogP contribution in [0.15, 0.2) is 42.7 Å². The minimum atomic E-state index is -0.116. The number of nitrogens with one attached hydrogen (secondary N) is 1. The minimum Gasteiger partial charge on any atom is -0.395 e. The number of amides is 2. The number of benzene rings is 1. The lowest BCUT2D eigenvalue weighted by atomic mass is 10.2. The van der Waals surface area contributed by atoms with Crippen molar-refractivity contribution in [2.75, 3.05) is 44.6 Å². The third-order valence-corrected chi connectivity index (χ3v) is 4.39. The van der Waals surface area contributed by atoms with Crippen molar-refractivity contribution in [2.24, 2.45) is 0 Å². The summed E-state index contributed by atoms with van der Waals surface area (Å²) in [5.41, 5.74) is 1.55. The van der Waals surface area contributed by atoms with Gasteiger partial charge in [-0.3, -0.25) is 4.90 Å². The van der Waals surface area contributed by atoms with Gasteiger partial charge in [0.1, 0.15) is 0 Å². The number of halogens is 1. The first kappa shape index (κ1) is 16.8. The largest absolute Gasteiger partial charge is 0.395 e. The second-order valence-corrected chi connectivity index (χ2v) is 6.17. The zero-order valence-corrected chi connectivity index (χ0v) is 14.1. The second-order valence-electron chi connectivity index (χ2n) is 5.73. The number of nitrogens with zero attached hydrogens (tertiary/aromatic N) is 3. The Kier molecular flexibility index (Phi) is 5.40. The highest BCUT2D eigenvalue weighted by Crippen LogP contribution is 2.25. The molecule has 0 saturated carbocycles. The number of aliphatic hydroxyl groups excluding tert-OH is 1. The molecule has 2 aromatic rings. The lowest BCUT2D eigenvalue weighted by molar-refractivity contribution is 0.127. The molecule has 6 nitrogen and oxygen atoms in total. The summed E-state index contributed by atoms with van der Waals surface area (Å²) in [4.78, 5) is 16.5. The predicted molar refractivity (Wildman–Crippen MR) is 94.9 cm³/mol. The summed E-state index contributed by atoms with van der Waals surface area (Å²) in [6, 6.07) is 9.14. The molecular formula is C17H21ClN4O2. The van der Waals surface area contributed by atoms with E-state index in [0.717, 1.165) is 24.5 Å². The van der Waals surface area contributed by atoms with Crippen molar-refractivity contribution in [1.82, 2.24) is 14.4 Å². The van der Waals surface area contributed by atoms with E-state index < -0.39 is 0 Å². The molecule has 1 fully saturated rings. The number of β-amino-alcohol motifs (C(OH)–C–C–N with tert-alkyl or cyclic N) is 1. The Morgan fingerprint density at radius 3 is 2.54 bits per heavy atom. The van der Waals surface area contributed by atoms with Crippen LogP contribution in [0.4, 0.5) is 10.5 Å². The Balaban J connectivity index is 1.69. The summed E-state index contributed by atoms with van der Waals surface area (Å²) in [7, 11) is 0. The first-order chi connectivity index (χ1) is 11.7. The van der Waals surface area contributed by atoms with Crippen molar-refractivity contribution in [3.63, 3.8) is 0 Å². The first-order valence-electron chi connectivity index (χ1n) is 7.99. The van der Waals surface area contributed by atoms with Gasteiger partial charge in [-0.1, -0.05) is 11.6 Å². The Labute approximate surface area is 146 Å². The summed E-state index contributed by atoms with van der Waals surface area (Å²) in [5.74, 6) is 0. The van der Waals surface area contributed by atoms with Gasteiger partial charge in [-0.05, 0) is 30.3 Å². The molecule has 0 unspecified atom stereocenters. The lowest BCUT2D eigenvalue weighted by Crippen LogP contribution is -2.50. The zero-order chi connectivity index (χ0) is 16.9. The quantitative estimate of drug-likeness (QED) is 0.891. The van der Waals surface area contributed by atoms with Gasteiger partial charge in [0.2, 0.25) is 0 Å². The number of anilines is 1.